The molecule has 0 aromatic carbocycles. The fourth-order valence-corrected chi connectivity index (χ4v) is 2.36. The minimum absolute atomic E-state index is 0.196. The molecule has 0 atom stereocenters. The van der Waals surface area contributed by atoms with Crippen LogP contribution >= 0.6 is 11.6 Å². The number of likely N-dealkylation sites (tertiary alicyclic amines) is 1. The quantitative estimate of drug-likeness (QED) is 0.687. The lowest BCUT2D eigenvalue weighted by Gasteiger charge is -2.26. The average molecular weight is 219 g/mol. The van der Waals surface area contributed by atoms with Crippen LogP contribution in [0.3, 0.4) is 0 Å². The first-order valence-electron chi connectivity index (χ1n) is 5.67. The molecule has 1 fully saturated rings. The van der Waals surface area contributed by atoms with Gasteiger partial charge in [-0.15, -0.1) is 11.6 Å². The highest BCUT2D eigenvalue weighted by atomic mass is 35.5. The van der Waals surface area contributed by atoms with Crippen LogP contribution in [0.1, 0.15) is 33.1 Å². The van der Waals surface area contributed by atoms with Crippen molar-refractivity contribution in [3.8, 4) is 0 Å². The standard InChI is InChI=1S/C11H23ClN2/c1-11(2,5-6-12)13-7-10-14-8-3-4-9-14/h13H,3-10H2,1-2H3. The van der Waals surface area contributed by atoms with Crippen molar-refractivity contribution in [2.75, 3.05) is 32.1 Å². The van der Waals surface area contributed by atoms with Crippen molar-refractivity contribution in [1.82, 2.24) is 10.2 Å². The molecule has 0 radical (unpaired) electrons. The first-order chi connectivity index (χ1) is 6.64. The Hall–Kier alpha value is 0.210. The third kappa shape index (κ3) is 4.63. The van der Waals surface area contributed by atoms with Gasteiger partial charge in [0.25, 0.3) is 0 Å². The van der Waals surface area contributed by atoms with Crippen molar-refractivity contribution in [2.45, 2.75) is 38.6 Å². The fourth-order valence-electron chi connectivity index (χ4n) is 1.88. The summed E-state index contributed by atoms with van der Waals surface area (Å²) in [6, 6.07) is 0. The number of hydrogen-bond acceptors (Lipinski definition) is 2. The van der Waals surface area contributed by atoms with Crippen molar-refractivity contribution in [1.29, 1.82) is 0 Å². The lowest BCUT2D eigenvalue weighted by Crippen LogP contribution is -2.43. The van der Waals surface area contributed by atoms with Crippen LogP contribution in [0.5, 0.6) is 0 Å². The molecule has 1 saturated heterocycles. The Kier molecular flexibility index (Phi) is 5.21. The maximum Gasteiger partial charge on any atom is 0.0240 e. The summed E-state index contributed by atoms with van der Waals surface area (Å²) in [7, 11) is 0. The third-order valence-electron chi connectivity index (χ3n) is 2.95. The fraction of sp³-hybridized carbons (Fsp3) is 1.00. The molecule has 1 aliphatic rings. The molecule has 1 rings (SSSR count). The van der Waals surface area contributed by atoms with E-state index in [9.17, 15) is 0 Å². The van der Waals surface area contributed by atoms with Gasteiger partial charge < -0.3 is 10.2 Å². The topological polar surface area (TPSA) is 15.3 Å². The Morgan fingerprint density at radius 3 is 2.50 bits per heavy atom. The smallest absolute Gasteiger partial charge is 0.0240 e. The molecule has 0 amide bonds. The highest BCUT2D eigenvalue weighted by Gasteiger charge is 2.17. The molecule has 0 bridgehead atoms. The number of rotatable bonds is 6. The molecule has 0 unspecified atom stereocenters. The molecule has 0 saturated carbocycles. The van der Waals surface area contributed by atoms with Crippen LogP contribution < -0.4 is 5.32 Å². The van der Waals surface area contributed by atoms with E-state index in [1.807, 2.05) is 0 Å². The Morgan fingerprint density at radius 1 is 1.29 bits per heavy atom. The number of nitrogens with zero attached hydrogens (tertiary/aromatic N) is 1. The van der Waals surface area contributed by atoms with Gasteiger partial charge in [0.05, 0.1) is 0 Å². The number of alkyl halides is 1. The molecule has 84 valence electrons. The van der Waals surface area contributed by atoms with Gasteiger partial charge in [0.2, 0.25) is 0 Å². The third-order valence-corrected chi connectivity index (χ3v) is 3.14. The van der Waals surface area contributed by atoms with Gasteiger partial charge in [-0.1, -0.05) is 0 Å². The van der Waals surface area contributed by atoms with Crippen LogP contribution in [-0.2, 0) is 0 Å². The van der Waals surface area contributed by atoms with E-state index in [1.165, 1.54) is 32.5 Å². The summed E-state index contributed by atoms with van der Waals surface area (Å²) in [5, 5.41) is 3.56. The van der Waals surface area contributed by atoms with Crippen molar-refractivity contribution < 1.29 is 0 Å². The second kappa shape index (κ2) is 5.94. The van der Waals surface area contributed by atoms with Crippen LogP contribution in [0, 0.1) is 0 Å². The minimum atomic E-state index is 0.196. The molecule has 2 nitrogen and oxygen atoms in total. The van der Waals surface area contributed by atoms with Gasteiger partial charge in [-0.25, -0.2) is 0 Å². The molecule has 3 heteroatoms. The van der Waals surface area contributed by atoms with Crippen LogP contribution in [0.25, 0.3) is 0 Å². The van der Waals surface area contributed by atoms with Crippen molar-refractivity contribution in [2.24, 2.45) is 0 Å². The van der Waals surface area contributed by atoms with E-state index in [1.54, 1.807) is 0 Å². The summed E-state index contributed by atoms with van der Waals surface area (Å²) in [5.41, 5.74) is 0.196. The Balaban J connectivity index is 2.07. The number of halogens is 1. The van der Waals surface area contributed by atoms with E-state index in [0.717, 1.165) is 18.8 Å². The van der Waals surface area contributed by atoms with Crippen LogP contribution in [0.4, 0.5) is 0 Å². The molecule has 0 aliphatic carbocycles. The minimum Gasteiger partial charge on any atom is -0.310 e. The predicted molar refractivity (Wildman–Crippen MR) is 63.1 cm³/mol. The first-order valence-corrected chi connectivity index (χ1v) is 6.21. The molecular formula is C11H23ClN2. The van der Waals surface area contributed by atoms with Crippen molar-refractivity contribution >= 4 is 11.6 Å². The largest absolute Gasteiger partial charge is 0.310 e. The molecule has 0 spiro atoms. The summed E-state index contributed by atoms with van der Waals surface area (Å²) in [6.45, 7) is 9.30. The molecule has 0 aromatic heterocycles. The van der Waals surface area contributed by atoms with Crippen LogP contribution in [0.2, 0.25) is 0 Å². The molecule has 14 heavy (non-hydrogen) atoms. The zero-order chi connectivity index (χ0) is 10.4. The number of nitrogens with one attached hydrogen (secondary N) is 1. The second-order valence-corrected chi connectivity index (χ2v) is 5.18. The summed E-state index contributed by atoms with van der Waals surface area (Å²) < 4.78 is 0. The van der Waals surface area contributed by atoms with Gasteiger partial charge in [0, 0.05) is 24.5 Å². The van der Waals surface area contributed by atoms with Gasteiger partial charge >= 0.3 is 0 Å². The summed E-state index contributed by atoms with van der Waals surface area (Å²) in [5.74, 6) is 0.740. The zero-order valence-corrected chi connectivity index (χ0v) is 10.2. The van der Waals surface area contributed by atoms with Crippen LogP contribution in [-0.4, -0.2) is 42.5 Å². The predicted octanol–water partition coefficient (Wildman–Crippen LogP) is 2.08. The molecule has 0 aromatic rings. The van der Waals surface area contributed by atoms with E-state index >= 15 is 0 Å². The van der Waals surface area contributed by atoms with Gasteiger partial charge in [0.1, 0.15) is 0 Å². The molecular weight excluding hydrogens is 196 g/mol. The van der Waals surface area contributed by atoms with E-state index < -0.39 is 0 Å². The summed E-state index contributed by atoms with van der Waals surface area (Å²) in [4.78, 5) is 2.53. The van der Waals surface area contributed by atoms with E-state index in [0.29, 0.717) is 0 Å². The van der Waals surface area contributed by atoms with E-state index in [4.69, 9.17) is 11.6 Å². The molecule has 1 N–H and O–H groups in total. The molecule has 1 heterocycles. The highest BCUT2D eigenvalue weighted by Crippen LogP contribution is 2.10. The Morgan fingerprint density at radius 2 is 1.93 bits per heavy atom. The Bertz CT molecular complexity index is 153. The van der Waals surface area contributed by atoms with E-state index in [-0.39, 0.29) is 5.54 Å². The van der Waals surface area contributed by atoms with Crippen molar-refractivity contribution in [3.63, 3.8) is 0 Å². The lowest BCUT2D eigenvalue weighted by atomic mass is 10.0. The summed E-state index contributed by atoms with van der Waals surface area (Å²) in [6.07, 6.45) is 3.80. The summed E-state index contributed by atoms with van der Waals surface area (Å²) >= 11 is 5.74. The maximum absolute atomic E-state index is 5.74. The number of hydrogen-bond donors (Lipinski definition) is 1. The monoisotopic (exact) mass is 218 g/mol. The SMILES string of the molecule is CC(C)(CCCl)NCCN1CCCC1. The lowest BCUT2D eigenvalue weighted by molar-refractivity contribution is 0.301. The zero-order valence-electron chi connectivity index (χ0n) is 9.48. The normalized spacial score (nSPS) is 19.1. The first kappa shape index (κ1) is 12.3. The van der Waals surface area contributed by atoms with Gasteiger partial charge in [-0.05, 0) is 46.2 Å². The Labute approximate surface area is 93.0 Å². The van der Waals surface area contributed by atoms with Gasteiger partial charge in [-0.3, -0.25) is 0 Å². The average Bonchev–Trinajstić information content (AvgIpc) is 2.56. The highest BCUT2D eigenvalue weighted by molar-refractivity contribution is 6.17. The van der Waals surface area contributed by atoms with Gasteiger partial charge in [0.15, 0.2) is 0 Å². The molecule has 1 aliphatic heterocycles. The van der Waals surface area contributed by atoms with Crippen LogP contribution in [0.15, 0.2) is 0 Å². The van der Waals surface area contributed by atoms with Gasteiger partial charge in [-0.2, -0.15) is 0 Å². The maximum atomic E-state index is 5.74. The van der Waals surface area contributed by atoms with Crippen molar-refractivity contribution in [3.05, 3.63) is 0 Å². The van der Waals surface area contributed by atoms with E-state index in [2.05, 4.69) is 24.1 Å². The second-order valence-electron chi connectivity index (χ2n) is 4.80.